The summed E-state index contributed by atoms with van der Waals surface area (Å²) >= 11 is 0. The Morgan fingerprint density at radius 2 is 1.81 bits per heavy atom. The summed E-state index contributed by atoms with van der Waals surface area (Å²) < 4.78 is 0. The third kappa shape index (κ3) is 3.72. The molecule has 0 saturated carbocycles. The van der Waals surface area contributed by atoms with Gasteiger partial charge in [0.2, 0.25) is 0 Å². The number of aliphatic hydroxyl groups excluding tert-OH is 1. The first-order valence-corrected chi connectivity index (χ1v) is 5.41. The lowest BCUT2D eigenvalue weighted by molar-refractivity contribution is 0.173. The molecule has 0 bridgehead atoms. The Labute approximate surface area is 95.6 Å². The number of nitrogens with one attached hydrogen (secondary N) is 1. The highest BCUT2D eigenvalue weighted by Gasteiger charge is 2.09. The number of phenolic OH excluding ortho intramolecular Hbond substituents is 2. The molecule has 4 nitrogen and oxygen atoms in total. The molecular formula is C12H19NO3. The van der Waals surface area contributed by atoms with E-state index in [0.29, 0.717) is 18.0 Å². The van der Waals surface area contributed by atoms with Gasteiger partial charge in [-0.3, -0.25) is 0 Å². The second-order valence-corrected chi connectivity index (χ2v) is 4.32. The zero-order valence-corrected chi connectivity index (χ0v) is 9.64. The summed E-state index contributed by atoms with van der Waals surface area (Å²) in [4.78, 5) is 0. The molecule has 1 atom stereocenters. The molecule has 1 rings (SSSR count). The number of phenols is 2. The standard InChI is InChI=1S/C12H19NO3/c1-8(2)6-13-7-12(16)9-3-4-10(14)11(15)5-9/h3-5,8,12-16H,6-7H2,1-2H3/t12-/m0/s1. The highest BCUT2D eigenvalue weighted by atomic mass is 16.3. The van der Waals surface area contributed by atoms with Crippen molar-refractivity contribution >= 4 is 0 Å². The lowest BCUT2D eigenvalue weighted by Gasteiger charge is -2.14. The smallest absolute Gasteiger partial charge is 0.157 e. The van der Waals surface area contributed by atoms with Gasteiger partial charge in [-0.2, -0.15) is 0 Å². The highest BCUT2D eigenvalue weighted by molar-refractivity contribution is 5.41. The molecule has 0 unspecified atom stereocenters. The van der Waals surface area contributed by atoms with Crippen LogP contribution in [0.5, 0.6) is 11.5 Å². The van der Waals surface area contributed by atoms with Crippen LogP contribution in [0.1, 0.15) is 25.5 Å². The molecule has 0 amide bonds. The van der Waals surface area contributed by atoms with Crippen LogP contribution in [-0.2, 0) is 0 Å². The van der Waals surface area contributed by atoms with Gasteiger partial charge in [-0.1, -0.05) is 19.9 Å². The molecule has 0 aliphatic heterocycles. The van der Waals surface area contributed by atoms with E-state index in [4.69, 9.17) is 5.11 Å². The van der Waals surface area contributed by atoms with Crippen molar-refractivity contribution in [1.29, 1.82) is 0 Å². The van der Waals surface area contributed by atoms with Crippen LogP contribution < -0.4 is 5.32 Å². The lowest BCUT2D eigenvalue weighted by atomic mass is 10.1. The quantitative estimate of drug-likeness (QED) is 0.571. The molecule has 16 heavy (non-hydrogen) atoms. The molecule has 1 aromatic rings. The largest absolute Gasteiger partial charge is 0.504 e. The maximum absolute atomic E-state index is 9.79. The van der Waals surface area contributed by atoms with Crippen molar-refractivity contribution in [2.45, 2.75) is 20.0 Å². The van der Waals surface area contributed by atoms with E-state index in [-0.39, 0.29) is 11.5 Å². The van der Waals surface area contributed by atoms with Gasteiger partial charge in [0.15, 0.2) is 11.5 Å². The molecule has 90 valence electrons. The van der Waals surface area contributed by atoms with Gasteiger partial charge < -0.3 is 20.6 Å². The first-order chi connectivity index (χ1) is 7.50. The second kappa shape index (κ2) is 5.72. The maximum atomic E-state index is 9.79. The highest BCUT2D eigenvalue weighted by Crippen LogP contribution is 2.27. The van der Waals surface area contributed by atoms with Crippen LogP contribution in [0.2, 0.25) is 0 Å². The van der Waals surface area contributed by atoms with Crippen molar-refractivity contribution in [3.8, 4) is 11.5 Å². The van der Waals surface area contributed by atoms with Gasteiger partial charge in [0.25, 0.3) is 0 Å². The molecule has 1 aromatic carbocycles. The molecule has 0 aromatic heterocycles. The molecule has 0 spiro atoms. The van der Waals surface area contributed by atoms with Crippen LogP contribution in [0.3, 0.4) is 0 Å². The average molecular weight is 225 g/mol. The van der Waals surface area contributed by atoms with Gasteiger partial charge in [-0.25, -0.2) is 0 Å². The summed E-state index contributed by atoms with van der Waals surface area (Å²) in [6.45, 7) is 5.45. The summed E-state index contributed by atoms with van der Waals surface area (Å²) in [6.07, 6.45) is -0.676. The van der Waals surface area contributed by atoms with Crippen molar-refractivity contribution in [3.05, 3.63) is 23.8 Å². The zero-order chi connectivity index (χ0) is 12.1. The number of hydrogen-bond acceptors (Lipinski definition) is 4. The lowest BCUT2D eigenvalue weighted by Crippen LogP contribution is -2.25. The number of benzene rings is 1. The van der Waals surface area contributed by atoms with E-state index in [1.165, 1.54) is 12.1 Å². The minimum atomic E-state index is -0.676. The number of hydrogen-bond donors (Lipinski definition) is 4. The Balaban J connectivity index is 2.52. The van der Waals surface area contributed by atoms with Crippen LogP contribution in [0, 0.1) is 5.92 Å². The molecule has 4 N–H and O–H groups in total. The molecule has 0 saturated heterocycles. The third-order valence-corrected chi connectivity index (χ3v) is 2.27. The summed E-state index contributed by atoms with van der Waals surface area (Å²) in [5.41, 5.74) is 0.589. The number of rotatable bonds is 5. The first kappa shape index (κ1) is 12.8. The van der Waals surface area contributed by atoms with Crippen molar-refractivity contribution in [2.24, 2.45) is 5.92 Å². The molecule has 0 aliphatic rings. The summed E-state index contributed by atoms with van der Waals surface area (Å²) in [7, 11) is 0. The van der Waals surface area contributed by atoms with E-state index in [1.54, 1.807) is 6.07 Å². The fraction of sp³-hybridized carbons (Fsp3) is 0.500. The first-order valence-electron chi connectivity index (χ1n) is 5.41. The molecule has 0 aliphatic carbocycles. The van der Waals surface area contributed by atoms with Crippen LogP contribution >= 0.6 is 0 Å². The van der Waals surface area contributed by atoms with Crippen molar-refractivity contribution in [2.75, 3.05) is 13.1 Å². The third-order valence-electron chi connectivity index (χ3n) is 2.27. The number of aromatic hydroxyl groups is 2. The zero-order valence-electron chi connectivity index (χ0n) is 9.64. The Kier molecular flexibility index (Phi) is 4.58. The number of aliphatic hydroxyl groups is 1. The fourth-order valence-corrected chi connectivity index (χ4v) is 1.37. The summed E-state index contributed by atoms with van der Waals surface area (Å²) in [5, 5.41) is 31.3. The fourth-order valence-electron chi connectivity index (χ4n) is 1.37. The van der Waals surface area contributed by atoms with Crippen LogP contribution in [0.25, 0.3) is 0 Å². The Bertz CT molecular complexity index is 339. The average Bonchev–Trinajstić information content (AvgIpc) is 2.21. The van der Waals surface area contributed by atoms with Gasteiger partial charge in [-0.15, -0.1) is 0 Å². The van der Waals surface area contributed by atoms with E-state index in [2.05, 4.69) is 19.2 Å². The SMILES string of the molecule is CC(C)CNC[C@H](O)c1ccc(O)c(O)c1. The maximum Gasteiger partial charge on any atom is 0.157 e. The molecule has 0 heterocycles. The Hall–Kier alpha value is -1.26. The summed E-state index contributed by atoms with van der Waals surface area (Å²) in [5.74, 6) is 0.145. The molecular weight excluding hydrogens is 206 g/mol. The van der Waals surface area contributed by atoms with Crippen molar-refractivity contribution in [3.63, 3.8) is 0 Å². The Morgan fingerprint density at radius 3 is 2.38 bits per heavy atom. The van der Waals surface area contributed by atoms with Gasteiger partial charge in [0.1, 0.15) is 0 Å². The van der Waals surface area contributed by atoms with Gasteiger partial charge in [-0.05, 0) is 30.2 Å². The second-order valence-electron chi connectivity index (χ2n) is 4.32. The van der Waals surface area contributed by atoms with Gasteiger partial charge in [0, 0.05) is 6.54 Å². The van der Waals surface area contributed by atoms with Crippen molar-refractivity contribution in [1.82, 2.24) is 5.32 Å². The van der Waals surface area contributed by atoms with E-state index in [0.717, 1.165) is 6.54 Å². The van der Waals surface area contributed by atoms with Crippen LogP contribution in [0.15, 0.2) is 18.2 Å². The van der Waals surface area contributed by atoms with Crippen molar-refractivity contribution < 1.29 is 15.3 Å². The van der Waals surface area contributed by atoms with E-state index >= 15 is 0 Å². The monoisotopic (exact) mass is 225 g/mol. The van der Waals surface area contributed by atoms with Gasteiger partial charge >= 0.3 is 0 Å². The van der Waals surface area contributed by atoms with E-state index in [1.807, 2.05) is 0 Å². The predicted molar refractivity (Wildman–Crippen MR) is 62.4 cm³/mol. The summed E-state index contributed by atoms with van der Waals surface area (Å²) in [6, 6.07) is 4.34. The van der Waals surface area contributed by atoms with E-state index < -0.39 is 6.10 Å². The molecule has 4 heteroatoms. The molecule has 0 fully saturated rings. The normalized spacial score (nSPS) is 13.0. The topological polar surface area (TPSA) is 72.7 Å². The van der Waals surface area contributed by atoms with Gasteiger partial charge in [0.05, 0.1) is 6.10 Å². The molecule has 0 radical (unpaired) electrons. The van der Waals surface area contributed by atoms with E-state index in [9.17, 15) is 10.2 Å². The predicted octanol–water partition coefficient (Wildman–Crippen LogP) is 1.38. The van der Waals surface area contributed by atoms with Crippen LogP contribution in [-0.4, -0.2) is 28.4 Å². The minimum absolute atomic E-state index is 0.175. The van der Waals surface area contributed by atoms with Crippen LogP contribution in [0.4, 0.5) is 0 Å². The Morgan fingerprint density at radius 1 is 1.12 bits per heavy atom. The minimum Gasteiger partial charge on any atom is -0.504 e.